The van der Waals surface area contributed by atoms with Gasteiger partial charge in [0.05, 0.1) is 0 Å². The first-order chi connectivity index (χ1) is 14.9. The normalized spacial score (nSPS) is 12.7. The Morgan fingerprint density at radius 3 is 2.45 bits per heavy atom. The third-order valence-electron chi connectivity index (χ3n) is 5.39. The van der Waals surface area contributed by atoms with Crippen LogP contribution in [0.15, 0.2) is 54.6 Å². The van der Waals surface area contributed by atoms with Crippen LogP contribution in [0, 0.1) is 12.7 Å². The predicted octanol–water partition coefficient (Wildman–Crippen LogP) is 4.90. The number of amides is 1. The van der Waals surface area contributed by atoms with Crippen molar-refractivity contribution in [3.63, 3.8) is 0 Å². The van der Waals surface area contributed by atoms with Gasteiger partial charge in [-0.15, -0.1) is 0 Å². The molecule has 31 heavy (non-hydrogen) atoms. The summed E-state index contributed by atoms with van der Waals surface area (Å²) in [5.41, 5.74) is 4.62. The molecule has 0 unspecified atom stereocenters. The van der Waals surface area contributed by atoms with Crippen LogP contribution in [-0.2, 0) is 17.6 Å². The fourth-order valence-electron chi connectivity index (χ4n) is 3.50. The Kier molecular flexibility index (Phi) is 6.14. The molecule has 3 aromatic rings. The Hall–Kier alpha value is -3.05. The topological polar surface area (TPSA) is 49.5 Å². The minimum atomic E-state index is -0.284. The molecule has 0 bridgehead atoms. The van der Waals surface area contributed by atoms with Crippen LogP contribution in [-0.4, -0.2) is 35.6 Å². The predicted molar refractivity (Wildman–Crippen MR) is 118 cm³/mol. The van der Waals surface area contributed by atoms with Crippen LogP contribution in [0.3, 0.4) is 0 Å². The Morgan fingerprint density at radius 1 is 1.06 bits per heavy atom. The molecular weight excluding hydrogens is 417 g/mol. The quantitative estimate of drug-likeness (QED) is 0.533. The number of aryl methyl sites for hydroxylation is 1. The van der Waals surface area contributed by atoms with Crippen LogP contribution >= 0.6 is 11.6 Å². The molecule has 160 valence electrons. The minimum Gasteiger partial charge on any atom is -0.508 e. The van der Waals surface area contributed by atoms with E-state index in [-0.39, 0.29) is 24.1 Å². The van der Waals surface area contributed by atoms with Gasteiger partial charge in [-0.2, -0.15) is 0 Å². The Morgan fingerprint density at radius 2 is 1.77 bits per heavy atom. The number of carbonyl (C=O) groups is 1. The van der Waals surface area contributed by atoms with Crippen LogP contribution in [0.4, 0.5) is 4.39 Å². The zero-order valence-corrected chi connectivity index (χ0v) is 18.0. The first-order valence-corrected chi connectivity index (χ1v) is 10.5. The summed E-state index contributed by atoms with van der Waals surface area (Å²) in [5.74, 6) is 0.476. The van der Waals surface area contributed by atoms with Crippen molar-refractivity contribution < 1.29 is 19.0 Å². The average Bonchev–Trinajstić information content (AvgIpc) is 3.58. The lowest BCUT2D eigenvalue weighted by Gasteiger charge is -2.14. The van der Waals surface area contributed by atoms with Crippen molar-refractivity contribution in [2.24, 2.45) is 0 Å². The zero-order valence-electron chi connectivity index (χ0n) is 17.2. The second-order valence-corrected chi connectivity index (χ2v) is 8.22. The standard InChI is InChI=1S/C25H23ClFNO3/c1-16-10-21(31-15-25(30)28-8-9-28)14-23(26)22(16)13-18-4-7-24(29)19(12-18)11-17-2-5-20(27)6-3-17/h2-7,10,12,14,29H,8-9,11,13,15H2,1H3. The van der Waals surface area contributed by atoms with Gasteiger partial charge < -0.3 is 14.7 Å². The van der Waals surface area contributed by atoms with Crippen molar-refractivity contribution in [1.82, 2.24) is 4.90 Å². The largest absolute Gasteiger partial charge is 0.508 e. The van der Waals surface area contributed by atoms with Gasteiger partial charge in [0, 0.05) is 24.5 Å². The van der Waals surface area contributed by atoms with Crippen molar-refractivity contribution in [2.75, 3.05) is 19.7 Å². The lowest BCUT2D eigenvalue weighted by atomic mass is 9.96. The number of halogens is 2. The maximum Gasteiger partial charge on any atom is 0.260 e. The van der Waals surface area contributed by atoms with Crippen LogP contribution in [0.1, 0.15) is 27.8 Å². The lowest BCUT2D eigenvalue weighted by molar-refractivity contribution is -0.127. The van der Waals surface area contributed by atoms with Gasteiger partial charge in [0.1, 0.15) is 17.3 Å². The zero-order chi connectivity index (χ0) is 22.0. The molecule has 6 heteroatoms. The SMILES string of the molecule is Cc1cc(OCC(=O)N2CC2)cc(Cl)c1Cc1ccc(O)c(Cc2ccc(F)cc2)c1. The summed E-state index contributed by atoms with van der Waals surface area (Å²) in [6.07, 6.45) is 1.10. The molecule has 0 aliphatic carbocycles. The van der Waals surface area contributed by atoms with Gasteiger partial charge >= 0.3 is 0 Å². The summed E-state index contributed by atoms with van der Waals surface area (Å²) < 4.78 is 18.8. The summed E-state index contributed by atoms with van der Waals surface area (Å²) >= 11 is 6.53. The number of phenolic OH excluding ortho intramolecular Hbond substituents is 1. The molecule has 1 aliphatic rings. The van der Waals surface area contributed by atoms with Gasteiger partial charge in [-0.3, -0.25) is 4.79 Å². The van der Waals surface area contributed by atoms with Crippen molar-refractivity contribution >= 4 is 17.5 Å². The van der Waals surface area contributed by atoms with Crippen molar-refractivity contribution in [3.05, 3.63) is 93.3 Å². The Bertz CT molecular complexity index is 1090. The second kappa shape index (κ2) is 8.98. The number of nitrogens with zero attached hydrogens (tertiary/aromatic N) is 1. The van der Waals surface area contributed by atoms with E-state index in [1.54, 1.807) is 29.2 Å². The molecule has 0 spiro atoms. The molecule has 4 rings (SSSR count). The molecule has 1 amide bonds. The molecule has 1 fully saturated rings. The summed E-state index contributed by atoms with van der Waals surface area (Å²) in [6.45, 7) is 3.58. The van der Waals surface area contributed by atoms with E-state index >= 15 is 0 Å². The van der Waals surface area contributed by atoms with Gasteiger partial charge in [-0.25, -0.2) is 4.39 Å². The van der Waals surface area contributed by atoms with Crippen LogP contribution < -0.4 is 4.74 Å². The van der Waals surface area contributed by atoms with Crippen LogP contribution in [0.25, 0.3) is 0 Å². The number of ether oxygens (including phenoxy) is 1. The lowest BCUT2D eigenvalue weighted by Crippen LogP contribution is -2.19. The molecule has 0 saturated carbocycles. The van der Waals surface area contributed by atoms with E-state index in [4.69, 9.17) is 16.3 Å². The number of benzene rings is 3. The number of carbonyl (C=O) groups excluding carboxylic acids is 1. The molecule has 1 aliphatic heterocycles. The van der Waals surface area contributed by atoms with E-state index in [0.717, 1.165) is 40.9 Å². The first kappa shape index (κ1) is 21.2. The maximum atomic E-state index is 13.2. The van der Waals surface area contributed by atoms with E-state index in [2.05, 4.69) is 0 Å². The van der Waals surface area contributed by atoms with Crippen LogP contribution in [0.2, 0.25) is 5.02 Å². The van der Waals surface area contributed by atoms with E-state index in [1.165, 1.54) is 12.1 Å². The van der Waals surface area contributed by atoms with Gasteiger partial charge in [0.15, 0.2) is 6.61 Å². The number of aromatic hydroxyl groups is 1. The van der Waals surface area contributed by atoms with Gasteiger partial charge in [-0.1, -0.05) is 35.9 Å². The van der Waals surface area contributed by atoms with E-state index in [0.29, 0.717) is 23.6 Å². The fraction of sp³-hybridized carbons (Fsp3) is 0.240. The fourth-order valence-corrected chi connectivity index (χ4v) is 3.83. The third-order valence-corrected chi connectivity index (χ3v) is 5.72. The number of rotatable bonds is 7. The molecule has 0 atom stereocenters. The van der Waals surface area contributed by atoms with E-state index in [1.807, 2.05) is 25.1 Å². The van der Waals surface area contributed by atoms with Gasteiger partial charge in [0.2, 0.25) is 0 Å². The second-order valence-electron chi connectivity index (χ2n) is 7.81. The molecule has 1 heterocycles. The van der Waals surface area contributed by atoms with Gasteiger partial charge in [0.25, 0.3) is 5.91 Å². The highest BCUT2D eigenvalue weighted by molar-refractivity contribution is 6.31. The first-order valence-electron chi connectivity index (χ1n) is 10.1. The van der Waals surface area contributed by atoms with Crippen molar-refractivity contribution in [2.45, 2.75) is 19.8 Å². The summed E-state index contributed by atoms with van der Waals surface area (Å²) in [7, 11) is 0. The molecule has 0 radical (unpaired) electrons. The third kappa shape index (κ3) is 5.36. The van der Waals surface area contributed by atoms with Crippen molar-refractivity contribution in [1.29, 1.82) is 0 Å². The number of hydrogen-bond acceptors (Lipinski definition) is 3. The summed E-state index contributed by atoms with van der Waals surface area (Å²) in [6, 6.07) is 15.4. The molecule has 0 aromatic heterocycles. The smallest absolute Gasteiger partial charge is 0.260 e. The average molecular weight is 440 g/mol. The molecule has 1 saturated heterocycles. The molecular formula is C25H23ClFNO3. The van der Waals surface area contributed by atoms with E-state index < -0.39 is 0 Å². The monoisotopic (exact) mass is 439 g/mol. The van der Waals surface area contributed by atoms with Crippen LogP contribution in [0.5, 0.6) is 11.5 Å². The molecule has 4 nitrogen and oxygen atoms in total. The minimum absolute atomic E-state index is 0.0137. The highest BCUT2D eigenvalue weighted by Crippen LogP contribution is 2.30. The summed E-state index contributed by atoms with van der Waals surface area (Å²) in [5, 5.41) is 10.8. The van der Waals surface area contributed by atoms with Crippen molar-refractivity contribution in [3.8, 4) is 11.5 Å². The Labute approximate surface area is 185 Å². The highest BCUT2D eigenvalue weighted by atomic mass is 35.5. The maximum absolute atomic E-state index is 13.2. The molecule has 1 N–H and O–H groups in total. The number of hydrogen-bond donors (Lipinski definition) is 1. The Balaban J connectivity index is 1.49. The number of phenols is 1. The summed E-state index contributed by atoms with van der Waals surface area (Å²) in [4.78, 5) is 13.5. The highest BCUT2D eigenvalue weighted by Gasteiger charge is 2.24. The molecule has 3 aromatic carbocycles. The van der Waals surface area contributed by atoms with Gasteiger partial charge in [-0.05, 0) is 71.5 Å². The van der Waals surface area contributed by atoms with E-state index in [9.17, 15) is 14.3 Å².